The van der Waals surface area contributed by atoms with E-state index >= 15 is 0 Å². The SMILES string of the molecule is C[C@]12C[C@@H](Br)/C(=N\Oc3ccc([N+](=O)[O-])cc3)C[C@@H]1CC[C@@H]1[C@@H]2CC[C@]2(C)C(=O)CC[C@@H]12. The third-order valence-corrected chi connectivity index (χ3v) is 10.4. The number of ketones is 1. The number of alkyl halides is 1. The molecule has 0 aliphatic heterocycles. The van der Waals surface area contributed by atoms with Crippen molar-refractivity contribution >= 4 is 33.1 Å². The summed E-state index contributed by atoms with van der Waals surface area (Å²) in [5.41, 5.74) is 1.26. The number of nitro benzene ring substituents is 1. The van der Waals surface area contributed by atoms with Crippen LogP contribution in [0.4, 0.5) is 5.69 Å². The maximum atomic E-state index is 12.6. The highest BCUT2D eigenvalue weighted by atomic mass is 79.9. The first-order chi connectivity index (χ1) is 15.2. The zero-order chi connectivity index (χ0) is 22.7. The summed E-state index contributed by atoms with van der Waals surface area (Å²) in [7, 11) is 0. The van der Waals surface area contributed by atoms with Gasteiger partial charge in [-0.3, -0.25) is 14.9 Å². The number of benzene rings is 1. The molecule has 32 heavy (non-hydrogen) atoms. The van der Waals surface area contributed by atoms with E-state index in [1.54, 1.807) is 12.1 Å². The van der Waals surface area contributed by atoms with Crippen molar-refractivity contribution in [2.24, 2.45) is 39.7 Å². The van der Waals surface area contributed by atoms with Gasteiger partial charge in [0.15, 0.2) is 5.75 Å². The molecule has 0 aromatic heterocycles. The van der Waals surface area contributed by atoms with Gasteiger partial charge in [0.25, 0.3) is 5.69 Å². The lowest BCUT2D eigenvalue weighted by Crippen LogP contribution is -2.55. The van der Waals surface area contributed by atoms with Crippen LogP contribution in [0.2, 0.25) is 0 Å². The van der Waals surface area contributed by atoms with Crippen molar-refractivity contribution in [3.63, 3.8) is 0 Å². The van der Waals surface area contributed by atoms with Gasteiger partial charge in [0.2, 0.25) is 0 Å². The van der Waals surface area contributed by atoms with Crippen molar-refractivity contribution in [3.8, 4) is 5.75 Å². The number of fused-ring (bicyclic) bond motifs is 5. The Labute approximate surface area is 197 Å². The van der Waals surface area contributed by atoms with Crippen LogP contribution in [-0.2, 0) is 4.79 Å². The molecular weight excluding hydrogens is 472 g/mol. The summed E-state index contributed by atoms with van der Waals surface area (Å²) in [5, 5.41) is 15.3. The van der Waals surface area contributed by atoms with E-state index in [1.165, 1.54) is 31.4 Å². The highest BCUT2D eigenvalue weighted by molar-refractivity contribution is 9.10. The fourth-order valence-electron chi connectivity index (χ4n) is 7.68. The van der Waals surface area contributed by atoms with Gasteiger partial charge in [0.05, 0.1) is 15.5 Å². The lowest BCUT2D eigenvalue weighted by atomic mass is 9.45. The van der Waals surface area contributed by atoms with Crippen LogP contribution in [0.3, 0.4) is 0 Å². The minimum atomic E-state index is -0.419. The van der Waals surface area contributed by atoms with Crippen molar-refractivity contribution in [1.82, 2.24) is 0 Å². The van der Waals surface area contributed by atoms with Crippen molar-refractivity contribution in [3.05, 3.63) is 34.4 Å². The Kier molecular flexibility index (Phi) is 5.46. The smallest absolute Gasteiger partial charge is 0.269 e. The normalized spacial score (nSPS) is 42.2. The summed E-state index contributed by atoms with van der Waals surface area (Å²) < 4.78 is 0. The monoisotopic (exact) mass is 502 g/mol. The Balaban J connectivity index is 1.31. The van der Waals surface area contributed by atoms with Crippen molar-refractivity contribution in [2.75, 3.05) is 0 Å². The third kappa shape index (κ3) is 3.42. The minimum absolute atomic E-state index is 0.0427. The molecule has 7 atom stereocenters. The van der Waals surface area contributed by atoms with Crippen LogP contribution < -0.4 is 4.84 Å². The van der Waals surface area contributed by atoms with E-state index in [4.69, 9.17) is 4.84 Å². The number of nitrogens with zero attached hydrogens (tertiary/aromatic N) is 2. The maximum Gasteiger partial charge on any atom is 0.269 e. The summed E-state index contributed by atoms with van der Waals surface area (Å²) in [4.78, 5) is 28.9. The summed E-state index contributed by atoms with van der Waals surface area (Å²) in [5.74, 6) is 3.53. The lowest BCUT2D eigenvalue weighted by molar-refractivity contribution is -0.384. The molecule has 0 amide bonds. The highest BCUT2D eigenvalue weighted by Gasteiger charge is 2.60. The van der Waals surface area contributed by atoms with Crippen LogP contribution >= 0.6 is 15.9 Å². The molecule has 0 heterocycles. The summed E-state index contributed by atoms with van der Waals surface area (Å²) in [6.45, 7) is 4.72. The molecule has 7 heteroatoms. The van der Waals surface area contributed by atoms with Gasteiger partial charge in [-0.15, -0.1) is 0 Å². The molecule has 4 saturated carbocycles. The van der Waals surface area contributed by atoms with Gasteiger partial charge in [0.1, 0.15) is 5.78 Å². The minimum Gasteiger partial charge on any atom is -0.357 e. The van der Waals surface area contributed by atoms with Crippen LogP contribution in [-0.4, -0.2) is 21.2 Å². The van der Waals surface area contributed by atoms with E-state index in [0.29, 0.717) is 35.2 Å². The van der Waals surface area contributed by atoms with E-state index in [0.717, 1.165) is 37.8 Å². The predicted octanol–water partition coefficient (Wildman–Crippen LogP) is 6.31. The molecule has 5 rings (SSSR count). The topological polar surface area (TPSA) is 81.8 Å². The number of nitro groups is 1. The van der Waals surface area contributed by atoms with Gasteiger partial charge in [-0.25, -0.2) is 0 Å². The van der Waals surface area contributed by atoms with Crippen molar-refractivity contribution in [2.45, 2.75) is 70.0 Å². The molecule has 0 bridgehead atoms. The summed E-state index contributed by atoms with van der Waals surface area (Å²) in [6, 6.07) is 6.05. The van der Waals surface area contributed by atoms with Gasteiger partial charge in [-0.05, 0) is 86.2 Å². The van der Waals surface area contributed by atoms with Gasteiger partial charge < -0.3 is 4.84 Å². The second kappa shape index (κ2) is 7.93. The maximum absolute atomic E-state index is 12.6. The first kappa shape index (κ1) is 22.1. The molecule has 0 unspecified atom stereocenters. The average molecular weight is 503 g/mol. The van der Waals surface area contributed by atoms with Crippen LogP contribution in [0.15, 0.2) is 29.4 Å². The van der Waals surface area contributed by atoms with E-state index in [2.05, 4.69) is 34.9 Å². The highest BCUT2D eigenvalue weighted by Crippen LogP contribution is 2.65. The number of rotatable bonds is 3. The number of carbonyl (C=O) groups excluding carboxylic acids is 1. The summed E-state index contributed by atoms with van der Waals surface area (Å²) >= 11 is 3.90. The molecule has 4 aliphatic carbocycles. The van der Waals surface area contributed by atoms with Gasteiger partial charge in [-0.1, -0.05) is 34.9 Å². The molecule has 1 aromatic carbocycles. The fraction of sp³-hybridized carbons (Fsp3) is 0.680. The van der Waals surface area contributed by atoms with E-state index in [9.17, 15) is 14.9 Å². The summed E-state index contributed by atoms with van der Waals surface area (Å²) in [6.07, 6.45) is 8.46. The Bertz CT molecular complexity index is 963. The molecule has 0 N–H and O–H groups in total. The largest absolute Gasteiger partial charge is 0.357 e. The number of halogens is 1. The molecule has 4 fully saturated rings. The molecule has 1 aromatic rings. The molecule has 0 radical (unpaired) electrons. The van der Waals surface area contributed by atoms with E-state index in [-0.39, 0.29) is 21.3 Å². The first-order valence-corrected chi connectivity index (χ1v) is 12.8. The lowest BCUT2D eigenvalue weighted by Gasteiger charge is -2.60. The molecule has 172 valence electrons. The first-order valence-electron chi connectivity index (χ1n) is 11.9. The van der Waals surface area contributed by atoms with Crippen molar-refractivity contribution in [1.29, 1.82) is 0 Å². The molecule has 0 saturated heterocycles. The van der Waals surface area contributed by atoms with Gasteiger partial charge >= 0.3 is 0 Å². The fourth-order valence-corrected chi connectivity index (χ4v) is 8.65. The van der Waals surface area contributed by atoms with Crippen LogP contribution in [0.1, 0.15) is 65.2 Å². The van der Waals surface area contributed by atoms with Crippen molar-refractivity contribution < 1.29 is 14.6 Å². The van der Waals surface area contributed by atoms with Gasteiger partial charge in [0, 0.05) is 24.0 Å². The Morgan fingerprint density at radius 3 is 2.59 bits per heavy atom. The van der Waals surface area contributed by atoms with E-state index in [1.807, 2.05) is 0 Å². The molecular formula is C25H31BrN2O4. The zero-order valence-electron chi connectivity index (χ0n) is 18.8. The molecule has 6 nitrogen and oxygen atoms in total. The number of hydrogen-bond acceptors (Lipinski definition) is 5. The quantitative estimate of drug-likeness (QED) is 0.275. The number of carbonyl (C=O) groups is 1. The number of oxime groups is 1. The Morgan fingerprint density at radius 1 is 1.12 bits per heavy atom. The van der Waals surface area contributed by atoms with Crippen LogP contribution in [0, 0.1) is 44.6 Å². The van der Waals surface area contributed by atoms with Crippen LogP contribution in [0.25, 0.3) is 0 Å². The second-order valence-electron chi connectivity index (χ2n) is 10.9. The Hall–Kier alpha value is -1.76. The Morgan fingerprint density at radius 2 is 1.88 bits per heavy atom. The standard InChI is InChI=1S/C25H31BrN2O4/c1-24-12-11-20-18(19(24)9-10-23(24)29)8-3-15-13-22(21(26)14-25(15,20)2)27-32-17-6-4-16(5-7-17)28(30)31/h4-7,15,18-21H,3,8-14H2,1-2H3/b27-22-/t15-,18-,19-,20-,21+,24-,25-/m0/s1. The number of non-ortho nitro benzene ring substituents is 1. The predicted molar refractivity (Wildman–Crippen MR) is 126 cm³/mol. The average Bonchev–Trinajstić information content (AvgIpc) is 3.07. The number of hydrogen-bond donors (Lipinski definition) is 0. The van der Waals surface area contributed by atoms with Crippen LogP contribution in [0.5, 0.6) is 5.75 Å². The number of Topliss-reactive ketones (excluding diaryl/α,β-unsaturated/α-hetero) is 1. The second-order valence-corrected chi connectivity index (χ2v) is 12.0. The third-order valence-electron chi connectivity index (χ3n) is 9.53. The molecule has 0 spiro atoms. The molecule has 4 aliphatic rings. The zero-order valence-corrected chi connectivity index (χ0v) is 20.3. The van der Waals surface area contributed by atoms with E-state index < -0.39 is 4.92 Å². The van der Waals surface area contributed by atoms with Gasteiger partial charge in [-0.2, -0.15) is 0 Å².